The molecule has 8 nitrogen and oxygen atoms in total. The van der Waals surface area contributed by atoms with E-state index < -0.39 is 12.1 Å². The zero-order chi connectivity index (χ0) is 23.3. The maximum absolute atomic E-state index is 12.5. The first-order chi connectivity index (χ1) is 15.2. The Hall–Kier alpha value is -3.73. The molecule has 32 heavy (non-hydrogen) atoms. The predicted molar refractivity (Wildman–Crippen MR) is 112 cm³/mol. The van der Waals surface area contributed by atoms with Crippen molar-refractivity contribution in [1.82, 2.24) is 25.3 Å². The van der Waals surface area contributed by atoms with Gasteiger partial charge in [0.2, 0.25) is 0 Å². The number of fused-ring (bicyclic) bond motifs is 2. The lowest BCUT2D eigenvalue weighted by Gasteiger charge is -2.15. The summed E-state index contributed by atoms with van der Waals surface area (Å²) in [5.74, 6) is -2.76. The SMILES string of the molecule is CC(NCCn1ncc2ccccc2c1=O)c1ccc2[nH]ncc2c1.O=C(O)C(F)(F)F. The van der Waals surface area contributed by atoms with Gasteiger partial charge in [-0.05, 0) is 30.7 Å². The van der Waals surface area contributed by atoms with Crippen LogP contribution in [0.15, 0.2) is 59.7 Å². The summed E-state index contributed by atoms with van der Waals surface area (Å²) in [5, 5.41) is 24.5. The standard InChI is InChI=1S/C19H19N5O.C2HF3O2/c1-13(14-6-7-18-16(10-14)11-21-23-18)20-8-9-24-19(25)17-5-3-2-4-15(17)12-22-24;3-2(4,5)1(6)7/h2-7,10-13,20H,8-9H2,1H3,(H,21,23);(H,6,7). The number of carboxylic acid groups (broad SMARTS) is 1. The quantitative estimate of drug-likeness (QED) is 0.433. The summed E-state index contributed by atoms with van der Waals surface area (Å²) in [6.45, 7) is 3.30. The fourth-order valence-electron chi connectivity index (χ4n) is 3.02. The Labute approximate surface area is 179 Å². The van der Waals surface area contributed by atoms with Crippen LogP contribution in [0.25, 0.3) is 21.7 Å². The van der Waals surface area contributed by atoms with Crippen LogP contribution in [-0.2, 0) is 11.3 Å². The van der Waals surface area contributed by atoms with Crippen LogP contribution in [0, 0.1) is 0 Å². The number of halogens is 3. The molecule has 2 heterocycles. The Morgan fingerprint density at radius 3 is 2.62 bits per heavy atom. The summed E-state index contributed by atoms with van der Waals surface area (Å²) < 4.78 is 33.3. The average Bonchev–Trinajstić information content (AvgIpc) is 3.23. The van der Waals surface area contributed by atoms with Crippen LogP contribution in [0.1, 0.15) is 18.5 Å². The Morgan fingerprint density at radius 2 is 1.91 bits per heavy atom. The number of nitrogens with zero attached hydrogens (tertiary/aromatic N) is 3. The maximum atomic E-state index is 12.5. The van der Waals surface area contributed by atoms with E-state index in [1.54, 1.807) is 6.20 Å². The van der Waals surface area contributed by atoms with Crippen LogP contribution in [0.3, 0.4) is 0 Å². The van der Waals surface area contributed by atoms with Crippen molar-refractivity contribution >= 4 is 27.6 Å². The van der Waals surface area contributed by atoms with Crippen molar-refractivity contribution in [2.45, 2.75) is 25.7 Å². The molecular weight excluding hydrogens is 427 g/mol. The van der Waals surface area contributed by atoms with E-state index in [-0.39, 0.29) is 11.6 Å². The largest absolute Gasteiger partial charge is 0.490 e. The summed E-state index contributed by atoms with van der Waals surface area (Å²) in [5.41, 5.74) is 2.17. The van der Waals surface area contributed by atoms with Gasteiger partial charge in [-0.2, -0.15) is 23.4 Å². The van der Waals surface area contributed by atoms with Crippen LogP contribution < -0.4 is 10.9 Å². The second kappa shape index (κ2) is 9.60. The van der Waals surface area contributed by atoms with E-state index >= 15 is 0 Å². The van der Waals surface area contributed by atoms with E-state index in [0.717, 1.165) is 16.3 Å². The molecule has 0 aliphatic carbocycles. The van der Waals surface area contributed by atoms with E-state index in [1.165, 1.54) is 10.2 Å². The van der Waals surface area contributed by atoms with Crippen LogP contribution in [-0.4, -0.2) is 43.8 Å². The van der Waals surface area contributed by atoms with E-state index in [1.807, 2.05) is 36.5 Å². The van der Waals surface area contributed by atoms with Crippen molar-refractivity contribution in [3.05, 3.63) is 70.8 Å². The number of aliphatic carboxylic acids is 1. The molecule has 0 radical (unpaired) electrons. The van der Waals surface area contributed by atoms with Crippen LogP contribution in [0.4, 0.5) is 13.2 Å². The molecular formula is C21H20F3N5O3. The molecule has 0 saturated heterocycles. The highest BCUT2D eigenvalue weighted by molar-refractivity contribution is 5.80. The third-order valence-corrected chi connectivity index (χ3v) is 4.74. The van der Waals surface area contributed by atoms with Gasteiger partial charge < -0.3 is 10.4 Å². The number of hydrogen-bond donors (Lipinski definition) is 3. The van der Waals surface area contributed by atoms with Crippen molar-refractivity contribution in [3.63, 3.8) is 0 Å². The third-order valence-electron chi connectivity index (χ3n) is 4.74. The Kier molecular flexibility index (Phi) is 6.89. The lowest BCUT2D eigenvalue weighted by Crippen LogP contribution is -2.30. The fraction of sp³-hybridized carbons (Fsp3) is 0.238. The Bertz CT molecular complexity index is 1280. The van der Waals surface area contributed by atoms with Crippen molar-refractivity contribution in [2.24, 2.45) is 0 Å². The molecule has 168 valence electrons. The van der Waals surface area contributed by atoms with E-state index in [0.29, 0.717) is 18.5 Å². The molecule has 11 heteroatoms. The van der Waals surface area contributed by atoms with Gasteiger partial charge in [-0.1, -0.05) is 24.3 Å². The highest BCUT2D eigenvalue weighted by atomic mass is 19.4. The van der Waals surface area contributed by atoms with Crippen molar-refractivity contribution < 1.29 is 23.1 Å². The number of benzene rings is 2. The number of aromatic amines is 1. The molecule has 0 spiro atoms. The monoisotopic (exact) mass is 447 g/mol. The van der Waals surface area contributed by atoms with Crippen LogP contribution in [0.5, 0.6) is 0 Å². The van der Waals surface area contributed by atoms with Gasteiger partial charge in [-0.3, -0.25) is 9.89 Å². The molecule has 4 aromatic rings. The van der Waals surface area contributed by atoms with Gasteiger partial charge in [-0.15, -0.1) is 0 Å². The zero-order valence-corrected chi connectivity index (χ0v) is 16.9. The number of rotatable bonds is 5. The van der Waals surface area contributed by atoms with Crippen LogP contribution in [0.2, 0.25) is 0 Å². The fourth-order valence-corrected chi connectivity index (χ4v) is 3.02. The van der Waals surface area contributed by atoms with Crippen molar-refractivity contribution in [2.75, 3.05) is 6.54 Å². The van der Waals surface area contributed by atoms with E-state index in [4.69, 9.17) is 9.90 Å². The summed E-state index contributed by atoms with van der Waals surface area (Å²) >= 11 is 0. The number of aromatic nitrogens is 4. The van der Waals surface area contributed by atoms with Gasteiger partial charge >= 0.3 is 12.1 Å². The van der Waals surface area contributed by atoms with Gasteiger partial charge in [0.1, 0.15) is 0 Å². The van der Waals surface area contributed by atoms with E-state index in [2.05, 4.69) is 39.7 Å². The molecule has 0 bridgehead atoms. The summed E-state index contributed by atoms with van der Waals surface area (Å²) in [7, 11) is 0. The van der Waals surface area contributed by atoms with Crippen LogP contribution >= 0.6 is 0 Å². The minimum absolute atomic E-state index is 0.0487. The molecule has 3 N–H and O–H groups in total. The van der Waals surface area contributed by atoms with Gasteiger partial charge in [0.05, 0.1) is 29.8 Å². The molecule has 4 rings (SSSR count). The number of nitrogens with one attached hydrogen (secondary N) is 2. The highest BCUT2D eigenvalue weighted by Gasteiger charge is 2.38. The molecule has 0 aliphatic heterocycles. The minimum Gasteiger partial charge on any atom is -0.475 e. The van der Waals surface area contributed by atoms with Crippen molar-refractivity contribution in [1.29, 1.82) is 0 Å². The maximum Gasteiger partial charge on any atom is 0.490 e. The normalized spacial score (nSPS) is 12.4. The smallest absolute Gasteiger partial charge is 0.475 e. The van der Waals surface area contributed by atoms with Gasteiger partial charge in [0, 0.05) is 23.4 Å². The first kappa shape index (κ1) is 22.9. The number of carboxylic acids is 1. The highest BCUT2D eigenvalue weighted by Crippen LogP contribution is 2.18. The summed E-state index contributed by atoms with van der Waals surface area (Å²) in [6, 6.07) is 13.9. The second-order valence-electron chi connectivity index (χ2n) is 6.96. The number of H-pyrrole nitrogens is 1. The molecule has 1 atom stereocenters. The molecule has 0 saturated carbocycles. The lowest BCUT2D eigenvalue weighted by atomic mass is 10.1. The topological polar surface area (TPSA) is 113 Å². The average molecular weight is 447 g/mol. The summed E-state index contributed by atoms with van der Waals surface area (Å²) in [4.78, 5) is 21.3. The molecule has 0 amide bonds. The zero-order valence-electron chi connectivity index (χ0n) is 16.9. The molecule has 1 unspecified atom stereocenters. The van der Waals surface area contributed by atoms with E-state index in [9.17, 15) is 18.0 Å². The number of alkyl halides is 3. The molecule has 0 fully saturated rings. The van der Waals surface area contributed by atoms with Gasteiger partial charge in [0.15, 0.2) is 0 Å². The number of hydrogen-bond acceptors (Lipinski definition) is 5. The summed E-state index contributed by atoms with van der Waals surface area (Å²) in [6.07, 6.45) is -1.52. The number of carbonyl (C=O) groups is 1. The Balaban J connectivity index is 0.000000360. The minimum atomic E-state index is -5.08. The molecule has 2 aromatic heterocycles. The first-order valence-electron chi connectivity index (χ1n) is 9.58. The molecule has 0 aliphatic rings. The van der Waals surface area contributed by atoms with Gasteiger partial charge in [0.25, 0.3) is 5.56 Å². The predicted octanol–water partition coefficient (Wildman–Crippen LogP) is 3.26. The lowest BCUT2D eigenvalue weighted by molar-refractivity contribution is -0.192. The third kappa shape index (κ3) is 5.49. The second-order valence-corrected chi connectivity index (χ2v) is 6.96. The van der Waals surface area contributed by atoms with Crippen molar-refractivity contribution in [3.8, 4) is 0 Å². The first-order valence-corrected chi connectivity index (χ1v) is 9.58. The van der Waals surface area contributed by atoms with Gasteiger partial charge in [-0.25, -0.2) is 9.48 Å². The molecule has 2 aromatic carbocycles. The Morgan fingerprint density at radius 1 is 1.19 bits per heavy atom.